The maximum Gasteiger partial charge on any atom is 0.222 e. The molecule has 1 heterocycles. The van der Waals surface area contributed by atoms with E-state index in [2.05, 4.69) is 13.8 Å². The molecule has 0 spiro atoms. The highest BCUT2D eigenvalue weighted by molar-refractivity contribution is 5.76. The van der Waals surface area contributed by atoms with Gasteiger partial charge in [0, 0.05) is 26.1 Å². The number of carbonyl (C=O) groups is 1. The van der Waals surface area contributed by atoms with Crippen molar-refractivity contribution in [3.8, 4) is 0 Å². The van der Waals surface area contributed by atoms with Crippen LogP contribution in [0, 0.1) is 11.8 Å². The van der Waals surface area contributed by atoms with Gasteiger partial charge in [-0.3, -0.25) is 4.79 Å². The van der Waals surface area contributed by atoms with Crippen LogP contribution in [0.3, 0.4) is 0 Å². The average Bonchev–Trinajstić information content (AvgIpc) is 2.21. The molecule has 2 unspecified atom stereocenters. The van der Waals surface area contributed by atoms with Gasteiger partial charge < -0.3 is 10.0 Å². The Kier molecular flexibility index (Phi) is 4.39. The topological polar surface area (TPSA) is 40.5 Å². The fraction of sp³-hybridized carbons (Fsp3) is 0.909. The van der Waals surface area contributed by atoms with E-state index < -0.39 is 0 Å². The standard InChI is InChI=1S/C11H21NO2/c1-9-6-10(2)8-12(4-3-5-13)11(14)7-9/h9-10,13H,3-8H2,1-2H3. The third kappa shape index (κ3) is 3.29. The van der Waals surface area contributed by atoms with E-state index in [0.29, 0.717) is 31.2 Å². The summed E-state index contributed by atoms with van der Waals surface area (Å²) >= 11 is 0. The Morgan fingerprint density at radius 1 is 1.43 bits per heavy atom. The molecule has 0 radical (unpaired) electrons. The first-order chi connectivity index (χ1) is 6.63. The number of hydrogen-bond acceptors (Lipinski definition) is 2. The van der Waals surface area contributed by atoms with E-state index in [1.807, 2.05) is 4.90 Å². The van der Waals surface area contributed by atoms with E-state index in [1.165, 1.54) is 0 Å². The van der Waals surface area contributed by atoms with Gasteiger partial charge in [0.15, 0.2) is 0 Å². The van der Waals surface area contributed by atoms with E-state index in [9.17, 15) is 4.79 Å². The number of carbonyl (C=O) groups excluding carboxylic acids is 1. The third-order valence-electron chi connectivity index (χ3n) is 2.80. The Balaban J connectivity index is 2.50. The second kappa shape index (κ2) is 5.35. The first-order valence-electron chi connectivity index (χ1n) is 5.52. The summed E-state index contributed by atoms with van der Waals surface area (Å²) in [5.74, 6) is 1.36. The highest BCUT2D eigenvalue weighted by Crippen LogP contribution is 2.22. The minimum atomic E-state index is 0.174. The molecule has 1 aliphatic heterocycles. The normalized spacial score (nSPS) is 29.1. The van der Waals surface area contributed by atoms with Crippen LogP contribution in [0.25, 0.3) is 0 Å². The molecule has 1 amide bonds. The van der Waals surface area contributed by atoms with Crippen molar-refractivity contribution in [2.75, 3.05) is 19.7 Å². The van der Waals surface area contributed by atoms with Crippen LogP contribution in [-0.4, -0.2) is 35.6 Å². The van der Waals surface area contributed by atoms with Crippen LogP contribution >= 0.6 is 0 Å². The summed E-state index contributed by atoms with van der Waals surface area (Å²) in [6.45, 7) is 6.09. The molecule has 0 bridgehead atoms. The zero-order valence-electron chi connectivity index (χ0n) is 9.20. The SMILES string of the molecule is CC1CC(=O)N(CCCO)CC(C)C1. The van der Waals surface area contributed by atoms with Gasteiger partial charge in [-0.2, -0.15) is 0 Å². The lowest BCUT2D eigenvalue weighted by molar-refractivity contribution is -0.131. The van der Waals surface area contributed by atoms with Crippen molar-refractivity contribution >= 4 is 5.91 Å². The molecule has 0 aromatic rings. The summed E-state index contributed by atoms with van der Waals surface area (Å²) in [6, 6.07) is 0. The van der Waals surface area contributed by atoms with Crippen LogP contribution in [0.2, 0.25) is 0 Å². The summed E-state index contributed by atoms with van der Waals surface area (Å²) in [6.07, 6.45) is 2.52. The van der Waals surface area contributed by atoms with Crippen LogP contribution in [0.1, 0.15) is 33.1 Å². The molecular formula is C11H21NO2. The molecule has 1 fully saturated rings. The molecular weight excluding hydrogens is 178 g/mol. The lowest BCUT2D eigenvalue weighted by Crippen LogP contribution is -2.33. The van der Waals surface area contributed by atoms with Gasteiger partial charge in [0.2, 0.25) is 5.91 Å². The minimum Gasteiger partial charge on any atom is -0.396 e. The Labute approximate surface area is 86.1 Å². The predicted molar refractivity (Wildman–Crippen MR) is 55.8 cm³/mol. The van der Waals surface area contributed by atoms with Crippen molar-refractivity contribution in [2.45, 2.75) is 33.1 Å². The number of likely N-dealkylation sites (tertiary alicyclic amines) is 1. The molecule has 14 heavy (non-hydrogen) atoms. The number of rotatable bonds is 3. The molecule has 0 saturated carbocycles. The Morgan fingerprint density at radius 2 is 2.14 bits per heavy atom. The molecule has 3 heteroatoms. The smallest absolute Gasteiger partial charge is 0.222 e. The number of hydrogen-bond donors (Lipinski definition) is 1. The molecule has 1 rings (SSSR count). The van der Waals surface area contributed by atoms with Crippen molar-refractivity contribution < 1.29 is 9.90 Å². The first kappa shape index (κ1) is 11.5. The lowest BCUT2D eigenvalue weighted by atomic mass is 9.97. The Bertz CT molecular complexity index is 194. The first-order valence-corrected chi connectivity index (χ1v) is 5.52. The molecule has 0 aromatic carbocycles. The Hall–Kier alpha value is -0.570. The Morgan fingerprint density at radius 3 is 2.79 bits per heavy atom. The van der Waals surface area contributed by atoms with Gasteiger partial charge in [-0.05, 0) is 24.7 Å². The van der Waals surface area contributed by atoms with Gasteiger partial charge in [-0.1, -0.05) is 13.8 Å². The number of aliphatic hydroxyl groups excluding tert-OH is 1. The van der Waals surface area contributed by atoms with Gasteiger partial charge in [0.1, 0.15) is 0 Å². The fourth-order valence-corrected chi connectivity index (χ4v) is 2.23. The second-order valence-electron chi connectivity index (χ2n) is 4.57. The van der Waals surface area contributed by atoms with Crippen LogP contribution < -0.4 is 0 Å². The fourth-order valence-electron chi connectivity index (χ4n) is 2.23. The third-order valence-corrected chi connectivity index (χ3v) is 2.80. The van der Waals surface area contributed by atoms with Crippen molar-refractivity contribution in [1.29, 1.82) is 0 Å². The molecule has 1 saturated heterocycles. The molecule has 1 aliphatic rings. The average molecular weight is 199 g/mol. The minimum absolute atomic E-state index is 0.174. The van der Waals surface area contributed by atoms with Crippen molar-refractivity contribution in [1.82, 2.24) is 4.90 Å². The maximum atomic E-state index is 11.7. The van der Waals surface area contributed by atoms with Crippen LogP contribution in [-0.2, 0) is 4.79 Å². The van der Waals surface area contributed by atoms with Gasteiger partial charge in [-0.15, -0.1) is 0 Å². The summed E-state index contributed by atoms with van der Waals surface area (Å²) < 4.78 is 0. The van der Waals surface area contributed by atoms with Crippen LogP contribution in [0.5, 0.6) is 0 Å². The summed E-state index contributed by atoms with van der Waals surface area (Å²) in [5.41, 5.74) is 0. The maximum absolute atomic E-state index is 11.7. The predicted octanol–water partition coefficient (Wildman–Crippen LogP) is 1.26. The van der Waals surface area contributed by atoms with Gasteiger partial charge >= 0.3 is 0 Å². The molecule has 2 atom stereocenters. The van der Waals surface area contributed by atoms with Gasteiger partial charge in [0.25, 0.3) is 0 Å². The van der Waals surface area contributed by atoms with E-state index in [4.69, 9.17) is 5.11 Å². The van der Waals surface area contributed by atoms with Crippen LogP contribution in [0.4, 0.5) is 0 Å². The zero-order chi connectivity index (χ0) is 10.6. The van der Waals surface area contributed by atoms with E-state index in [1.54, 1.807) is 0 Å². The van der Waals surface area contributed by atoms with Gasteiger partial charge in [0.05, 0.1) is 0 Å². The monoisotopic (exact) mass is 199 g/mol. The van der Waals surface area contributed by atoms with Gasteiger partial charge in [-0.25, -0.2) is 0 Å². The van der Waals surface area contributed by atoms with Crippen molar-refractivity contribution in [2.24, 2.45) is 11.8 Å². The number of nitrogens with zero attached hydrogens (tertiary/aromatic N) is 1. The molecule has 0 aliphatic carbocycles. The van der Waals surface area contributed by atoms with E-state index in [0.717, 1.165) is 13.0 Å². The highest BCUT2D eigenvalue weighted by Gasteiger charge is 2.24. The molecule has 1 N–H and O–H groups in total. The molecule has 82 valence electrons. The number of amides is 1. The summed E-state index contributed by atoms with van der Waals surface area (Å²) in [5, 5.41) is 8.73. The molecule has 3 nitrogen and oxygen atoms in total. The van der Waals surface area contributed by atoms with E-state index in [-0.39, 0.29) is 12.5 Å². The highest BCUT2D eigenvalue weighted by atomic mass is 16.3. The molecule has 0 aromatic heterocycles. The lowest BCUT2D eigenvalue weighted by Gasteiger charge is -2.22. The summed E-state index contributed by atoms with van der Waals surface area (Å²) in [4.78, 5) is 13.6. The zero-order valence-corrected chi connectivity index (χ0v) is 9.20. The van der Waals surface area contributed by atoms with Crippen molar-refractivity contribution in [3.05, 3.63) is 0 Å². The largest absolute Gasteiger partial charge is 0.396 e. The van der Waals surface area contributed by atoms with Crippen molar-refractivity contribution in [3.63, 3.8) is 0 Å². The second-order valence-corrected chi connectivity index (χ2v) is 4.57. The van der Waals surface area contributed by atoms with E-state index >= 15 is 0 Å². The van der Waals surface area contributed by atoms with Crippen LogP contribution in [0.15, 0.2) is 0 Å². The quantitative estimate of drug-likeness (QED) is 0.743. The summed E-state index contributed by atoms with van der Waals surface area (Å²) in [7, 11) is 0. The number of aliphatic hydroxyl groups is 1.